The van der Waals surface area contributed by atoms with Crippen molar-refractivity contribution in [1.29, 1.82) is 0 Å². The normalized spacial score (nSPS) is 14.1. The molecule has 178 valence electrons. The van der Waals surface area contributed by atoms with Gasteiger partial charge in [0.25, 0.3) is 0 Å². The second-order valence-electron chi connectivity index (χ2n) is 8.57. The van der Waals surface area contributed by atoms with Crippen molar-refractivity contribution >= 4 is 23.3 Å². The third kappa shape index (κ3) is 6.01. The maximum Gasteiger partial charge on any atom is 0.338 e. The van der Waals surface area contributed by atoms with Crippen LogP contribution < -0.4 is 10.2 Å². The molecule has 1 N–H and O–H groups in total. The number of amides is 1. The molecule has 0 atom stereocenters. The van der Waals surface area contributed by atoms with Crippen LogP contribution in [0.2, 0.25) is 0 Å². The Morgan fingerprint density at radius 3 is 2.47 bits per heavy atom. The number of nitrogens with one attached hydrogen (secondary N) is 1. The zero-order chi connectivity index (χ0) is 23.9. The van der Waals surface area contributed by atoms with Gasteiger partial charge in [-0.1, -0.05) is 12.1 Å². The van der Waals surface area contributed by atoms with Gasteiger partial charge in [0.1, 0.15) is 0 Å². The Bertz CT molecular complexity index is 1100. The molecule has 3 aromatic rings. The van der Waals surface area contributed by atoms with Gasteiger partial charge >= 0.3 is 5.97 Å². The highest BCUT2D eigenvalue weighted by atomic mass is 16.5. The predicted molar refractivity (Wildman–Crippen MR) is 130 cm³/mol. The second kappa shape index (κ2) is 11.0. The topological polar surface area (TPSA) is 97.6 Å². The summed E-state index contributed by atoms with van der Waals surface area (Å²) in [6.07, 6.45) is 2.99. The molecule has 4 rings (SSSR count). The van der Waals surface area contributed by atoms with Crippen LogP contribution in [0.4, 0.5) is 11.4 Å². The van der Waals surface area contributed by atoms with E-state index in [-0.39, 0.29) is 18.3 Å². The Labute approximate surface area is 199 Å². The minimum Gasteiger partial charge on any atom is -0.462 e. The van der Waals surface area contributed by atoms with Crippen LogP contribution in [0.5, 0.6) is 0 Å². The zero-order valence-electron chi connectivity index (χ0n) is 19.6. The van der Waals surface area contributed by atoms with E-state index in [1.165, 1.54) is 18.5 Å². The molecule has 0 aliphatic carbocycles. The van der Waals surface area contributed by atoms with Crippen molar-refractivity contribution in [3.8, 4) is 11.4 Å². The summed E-state index contributed by atoms with van der Waals surface area (Å²) in [4.78, 5) is 30.9. The van der Waals surface area contributed by atoms with E-state index in [0.717, 1.165) is 24.6 Å². The Hall–Kier alpha value is -3.68. The minimum atomic E-state index is -0.386. The van der Waals surface area contributed by atoms with Crippen molar-refractivity contribution in [3.63, 3.8) is 0 Å². The van der Waals surface area contributed by atoms with Crippen LogP contribution in [-0.4, -0.2) is 41.7 Å². The molecule has 1 aliphatic rings. The number of hydrogen-bond donors (Lipinski definition) is 1. The van der Waals surface area contributed by atoms with Crippen molar-refractivity contribution < 1.29 is 18.8 Å². The highest BCUT2D eigenvalue weighted by molar-refractivity contribution is 5.93. The zero-order valence-corrected chi connectivity index (χ0v) is 19.6. The molecule has 0 unspecified atom stereocenters. The Balaban J connectivity index is 1.27. The number of carbonyl (C=O) groups excluding carboxylic acids is 2. The predicted octanol–water partition coefficient (Wildman–Crippen LogP) is 4.72. The molecule has 0 spiro atoms. The number of esters is 1. The Kier molecular flexibility index (Phi) is 7.57. The van der Waals surface area contributed by atoms with Crippen LogP contribution in [0, 0.1) is 5.92 Å². The van der Waals surface area contributed by atoms with Crippen molar-refractivity contribution in [2.75, 3.05) is 29.9 Å². The summed E-state index contributed by atoms with van der Waals surface area (Å²) in [7, 11) is 0. The van der Waals surface area contributed by atoms with Gasteiger partial charge in [-0.15, -0.1) is 0 Å². The van der Waals surface area contributed by atoms with Crippen molar-refractivity contribution in [2.45, 2.75) is 39.5 Å². The average Bonchev–Trinajstić information content (AvgIpc) is 3.33. The lowest BCUT2D eigenvalue weighted by Gasteiger charge is -2.32. The van der Waals surface area contributed by atoms with Gasteiger partial charge in [0.15, 0.2) is 0 Å². The van der Waals surface area contributed by atoms with Gasteiger partial charge in [-0.3, -0.25) is 4.79 Å². The molecule has 0 radical (unpaired) electrons. The number of carbonyl (C=O) groups is 2. The Morgan fingerprint density at radius 2 is 1.79 bits per heavy atom. The van der Waals surface area contributed by atoms with E-state index in [9.17, 15) is 9.59 Å². The average molecular weight is 463 g/mol. The van der Waals surface area contributed by atoms with Crippen LogP contribution in [0.3, 0.4) is 0 Å². The fourth-order valence-electron chi connectivity index (χ4n) is 3.91. The van der Waals surface area contributed by atoms with Crippen molar-refractivity contribution in [2.24, 2.45) is 5.92 Å². The molecular formula is C26H30N4O4. The fraction of sp³-hybridized carbons (Fsp3) is 0.385. The van der Waals surface area contributed by atoms with E-state index in [0.29, 0.717) is 36.0 Å². The molecule has 8 heteroatoms. The number of aromatic nitrogens is 2. The van der Waals surface area contributed by atoms with Gasteiger partial charge in [0.2, 0.25) is 17.6 Å². The lowest BCUT2D eigenvalue weighted by molar-refractivity contribution is -0.116. The lowest BCUT2D eigenvalue weighted by atomic mass is 9.98. The van der Waals surface area contributed by atoms with Gasteiger partial charge in [-0.25, -0.2) is 4.79 Å². The largest absolute Gasteiger partial charge is 0.462 e. The van der Waals surface area contributed by atoms with Crippen molar-refractivity contribution in [1.82, 2.24) is 10.1 Å². The van der Waals surface area contributed by atoms with Gasteiger partial charge in [-0.2, -0.15) is 4.98 Å². The smallest absolute Gasteiger partial charge is 0.338 e. The number of anilines is 2. The summed E-state index contributed by atoms with van der Waals surface area (Å²) < 4.78 is 10.3. The molecule has 1 saturated heterocycles. The molecule has 1 aromatic heterocycles. The number of piperidine rings is 1. The molecular weight excluding hydrogens is 432 g/mol. The van der Waals surface area contributed by atoms with Crippen LogP contribution in [-0.2, 0) is 16.0 Å². The van der Waals surface area contributed by atoms with Crippen molar-refractivity contribution in [3.05, 3.63) is 60.0 Å². The van der Waals surface area contributed by atoms with E-state index < -0.39 is 0 Å². The third-order valence-electron chi connectivity index (χ3n) is 5.99. The highest BCUT2D eigenvalue weighted by Crippen LogP contribution is 2.25. The first-order valence-electron chi connectivity index (χ1n) is 11.8. The third-order valence-corrected chi connectivity index (χ3v) is 5.99. The molecule has 2 aromatic carbocycles. The quantitative estimate of drug-likeness (QED) is 0.484. The standard InChI is InChI=1S/C26H30N4O4/c1-3-33-26(32)20-4-8-21(9-5-20)27-23(31)12-13-24-28-25(29-34-24)19-6-10-22(11-7-19)30-16-14-18(2)15-17-30/h4-11,18H,3,12-17H2,1-2H3,(H,27,31). The summed E-state index contributed by atoms with van der Waals surface area (Å²) in [6, 6.07) is 14.8. The number of aryl methyl sites for hydroxylation is 1. The van der Waals surface area contributed by atoms with E-state index >= 15 is 0 Å². The van der Waals surface area contributed by atoms with Crippen LogP contribution in [0.25, 0.3) is 11.4 Å². The van der Waals surface area contributed by atoms with Gasteiger partial charge in [-0.05, 0) is 74.2 Å². The molecule has 0 bridgehead atoms. The Morgan fingerprint density at radius 1 is 1.09 bits per heavy atom. The maximum absolute atomic E-state index is 12.3. The summed E-state index contributed by atoms with van der Waals surface area (Å²) in [6.45, 7) is 6.56. The molecule has 0 saturated carbocycles. The van der Waals surface area contributed by atoms with E-state index in [1.807, 2.05) is 12.1 Å². The first-order chi connectivity index (χ1) is 16.5. The molecule has 1 amide bonds. The summed E-state index contributed by atoms with van der Waals surface area (Å²) in [5.74, 6) is 1.17. The van der Waals surface area contributed by atoms with Crippen LogP contribution in [0.1, 0.15) is 49.4 Å². The summed E-state index contributed by atoms with van der Waals surface area (Å²) in [5, 5.41) is 6.87. The molecule has 1 aliphatic heterocycles. The SMILES string of the molecule is CCOC(=O)c1ccc(NC(=O)CCc2nc(-c3ccc(N4CCC(C)CC4)cc3)no2)cc1. The van der Waals surface area contributed by atoms with Gasteiger partial charge in [0, 0.05) is 42.9 Å². The number of rotatable bonds is 8. The fourth-order valence-corrected chi connectivity index (χ4v) is 3.91. The van der Waals surface area contributed by atoms with Crippen LogP contribution in [0.15, 0.2) is 53.1 Å². The minimum absolute atomic E-state index is 0.177. The monoisotopic (exact) mass is 462 g/mol. The number of hydrogen-bond acceptors (Lipinski definition) is 7. The first kappa shape index (κ1) is 23.5. The summed E-state index contributed by atoms with van der Waals surface area (Å²) >= 11 is 0. The molecule has 1 fully saturated rings. The maximum atomic E-state index is 12.3. The number of benzene rings is 2. The van der Waals surface area contributed by atoms with Crippen LogP contribution >= 0.6 is 0 Å². The second-order valence-corrected chi connectivity index (χ2v) is 8.57. The first-order valence-corrected chi connectivity index (χ1v) is 11.8. The van der Waals surface area contributed by atoms with Gasteiger partial charge in [0.05, 0.1) is 12.2 Å². The lowest BCUT2D eigenvalue weighted by Crippen LogP contribution is -2.32. The molecule has 8 nitrogen and oxygen atoms in total. The van der Waals surface area contributed by atoms with Gasteiger partial charge < -0.3 is 19.5 Å². The number of nitrogens with zero attached hydrogens (tertiary/aromatic N) is 3. The van der Waals surface area contributed by atoms with E-state index in [2.05, 4.69) is 39.4 Å². The number of ether oxygens (including phenoxy) is 1. The van der Waals surface area contributed by atoms with E-state index in [4.69, 9.17) is 9.26 Å². The summed E-state index contributed by atoms with van der Waals surface area (Å²) in [5.41, 5.74) is 3.14. The van der Waals surface area contributed by atoms with E-state index in [1.54, 1.807) is 31.2 Å². The highest BCUT2D eigenvalue weighted by Gasteiger charge is 2.17. The molecule has 2 heterocycles. The molecule has 34 heavy (non-hydrogen) atoms.